The van der Waals surface area contributed by atoms with Gasteiger partial charge in [0.15, 0.2) is 17.5 Å². The van der Waals surface area contributed by atoms with Gasteiger partial charge in [0.2, 0.25) is 0 Å². The van der Waals surface area contributed by atoms with Gasteiger partial charge in [-0.2, -0.15) is 0 Å². The SMILES string of the molecule is c1ccc(-c2nc(-c3ccccc3)nc(-c3cccc4sc5c(-c6cc(-c7ccc8oc9ccccc9c8c7)c7c(c6)oc6ccccc67)cccc5c34)n2)cc1. The molecule has 0 spiro atoms. The number of aromatic nitrogens is 3. The zero-order valence-corrected chi connectivity index (χ0v) is 31.1. The molecular weight excluding hydrogens is 719 g/mol. The summed E-state index contributed by atoms with van der Waals surface area (Å²) in [7, 11) is 0. The molecule has 0 aliphatic rings. The first-order chi connectivity index (χ1) is 28.2. The largest absolute Gasteiger partial charge is 0.456 e. The Labute approximate surface area is 330 Å². The molecule has 8 aromatic carbocycles. The van der Waals surface area contributed by atoms with Gasteiger partial charge in [-0.25, -0.2) is 15.0 Å². The minimum Gasteiger partial charge on any atom is -0.456 e. The third kappa shape index (κ3) is 5.12. The Morgan fingerprint density at radius 3 is 1.70 bits per heavy atom. The van der Waals surface area contributed by atoms with Crippen molar-refractivity contribution >= 4 is 75.4 Å². The predicted molar refractivity (Wildman–Crippen MR) is 234 cm³/mol. The Hall–Kier alpha value is -7.41. The van der Waals surface area contributed by atoms with E-state index in [1.807, 2.05) is 84.9 Å². The molecule has 0 amide bonds. The van der Waals surface area contributed by atoms with E-state index in [2.05, 4.69) is 91.0 Å². The van der Waals surface area contributed by atoms with Crippen LogP contribution < -0.4 is 0 Å². The summed E-state index contributed by atoms with van der Waals surface area (Å²) in [4.78, 5) is 15.2. The van der Waals surface area contributed by atoms with Gasteiger partial charge in [0, 0.05) is 58.4 Å². The Kier molecular flexibility index (Phi) is 7.03. The van der Waals surface area contributed by atoms with Gasteiger partial charge in [-0.15, -0.1) is 11.3 Å². The van der Waals surface area contributed by atoms with Crippen LogP contribution in [-0.4, -0.2) is 15.0 Å². The summed E-state index contributed by atoms with van der Waals surface area (Å²) in [5, 5.41) is 6.69. The van der Waals surface area contributed by atoms with Crippen molar-refractivity contribution in [2.45, 2.75) is 0 Å². The monoisotopic (exact) mass is 747 g/mol. The zero-order chi connectivity index (χ0) is 37.5. The van der Waals surface area contributed by atoms with Crippen molar-refractivity contribution in [1.29, 1.82) is 0 Å². The van der Waals surface area contributed by atoms with Crippen LogP contribution in [-0.2, 0) is 0 Å². The quantitative estimate of drug-likeness (QED) is 0.175. The number of nitrogens with zero attached hydrogens (tertiary/aromatic N) is 3. The Balaban J connectivity index is 1.08. The van der Waals surface area contributed by atoms with Crippen molar-refractivity contribution in [1.82, 2.24) is 15.0 Å². The van der Waals surface area contributed by atoms with E-state index in [9.17, 15) is 0 Å². The summed E-state index contributed by atoms with van der Waals surface area (Å²) in [5.41, 5.74) is 10.8. The van der Waals surface area contributed by atoms with Gasteiger partial charge in [0.05, 0.1) is 0 Å². The molecule has 0 saturated carbocycles. The summed E-state index contributed by atoms with van der Waals surface area (Å²) >= 11 is 1.80. The summed E-state index contributed by atoms with van der Waals surface area (Å²) in [6, 6.07) is 60.9. The molecule has 0 aliphatic carbocycles. The topological polar surface area (TPSA) is 65.0 Å². The van der Waals surface area contributed by atoms with E-state index < -0.39 is 0 Å². The van der Waals surface area contributed by atoms with Crippen molar-refractivity contribution in [3.8, 4) is 56.4 Å². The van der Waals surface area contributed by atoms with E-state index in [1.165, 1.54) is 9.40 Å². The standard InChI is InChI=1S/C51H29N3O2S/c1-3-13-30(14-4-1)49-52-50(31-15-5-2-6-16-31)54-51(53-49)38-21-12-24-45-47(38)37-20-11-19-34(48(37)57-45)33-28-39(46-36-18-8-10-23-42(36)56-44(46)29-33)32-25-26-43-40(27-32)35-17-7-9-22-41(35)55-43/h1-29H. The van der Waals surface area contributed by atoms with Crippen molar-refractivity contribution in [3.05, 3.63) is 176 Å². The normalized spacial score (nSPS) is 11.9. The summed E-state index contributed by atoms with van der Waals surface area (Å²) in [5.74, 6) is 1.93. The molecule has 0 unspecified atom stereocenters. The third-order valence-electron chi connectivity index (χ3n) is 10.9. The fraction of sp³-hybridized carbons (Fsp3) is 0. The molecule has 4 aromatic heterocycles. The molecule has 0 aliphatic heterocycles. The molecule has 12 rings (SSSR count). The minimum atomic E-state index is 0.643. The molecule has 12 aromatic rings. The van der Waals surface area contributed by atoms with Gasteiger partial charge in [-0.1, -0.05) is 133 Å². The highest BCUT2D eigenvalue weighted by atomic mass is 32.1. The van der Waals surface area contributed by atoms with Crippen molar-refractivity contribution < 1.29 is 8.83 Å². The Bertz CT molecular complexity index is 3470. The number of benzene rings is 8. The van der Waals surface area contributed by atoms with Gasteiger partial charge in [0.25, 0.3) is 0 Å². The lowest BCUT2D eigenvalue weighted by Crippen LogP contribution is -2.00. The van der Waals surface area contributed by atoms with Gasteiger partial charge in [0.1, 0.15) is 22.3 Å². The van der Waals surface area contributed by atoms with Crippen LogP contribution in [0.15, 0.2) is 185 Å². The minimum absolute atomic E-state index is 0.643. The lowest BCUT2D eigenvalue weighted by Gasteiger charge is -2.11. The van der Waals surface area contributed by atoms with Gasteiger partial charge in [-0.05, 0) is 64.7 Å². The van der Waals surface area contributed by atoms with Crippen LogP contribution in [0.3, 0.4) is 0 Å². The maximum absolute atomic E-state index is 6.63. The number of furan rings is 2. The number of hydrogen-bond donors (Lipinski definition) is 0. The van der Waals surface area contributed by atoms with Crippen LogP contribution in [0.2, 0.25) is 0 Å². The van der Waals surface area contributed by atoms with Crippen molar-refractivity contribution in [2.75, 3.05) is 0 Å². The number of hydrogen-bond acceptors (Lipinski definition) is 6. The fourth-order valence-corrected chi connectivity index (χ4v) is 9.59. The van der Waals surface area contributed by atoms with Crippen LogP contribution in [0.1, 0.15) is 0 Å². The summed E-state index contributed by atoms with van der Waals surface area (Å²) in [6.07, 6.45) is 0. The van der Waals surface area contributed by atoms with Crippen LogP contribution in [0.4, 0.5) is 0 Å². The second kappa shape index (κ2) is 12.6. The Morgan fingerprint density at radius 2 is 0.930 bits per heavy atom. The van der Waals surface area contributed by atoms with Crippen LogP contribution >= 0.6 is 11.3 Å². The highest BCUT2D eigenvalue weighted by Gasteiger charge is 2.21. The third-order valence-corrected chi connectivity index (χ3v) is 12.1. The number of para-hydroxylation sites is 2. The van der Waals surface area contributed by atoms with Crippen LogP contribution in [0.25, 0.3) is 120 Å². The highest BCUT2D eigenvalue weighted by molar-refractivity contribution is 7.26. The maximum Gasteiger partial charge on any atom is 0.164 e. The van der Waals surface area contributed by atoms with Gasteiger partial charge < -0.3 is 8.83 Å². The molecule has 6 heteroatoms. The zero-order valence-electron chi connectivity index (χ0n) is 30.3. The fourth-order valence-electron chi connectivity index (χ4n) is 8.32. The molecule has 5 nitrogen and oxygen atoms in total. The molecule has 0 fully saturated rings. The molecule has 0 bridgehead atoms. The van der Waals surface area contributed by atoms with Gasteiger partial charge >= 0.3 is 0 Å². The first kappa shape index (κ1) is 31.9. The molecule has 0 N–H and O–H groups in total. The molecule has 0 radical (unpaired) electrons. The molecule has 0 atom stereocenters. The molecule has 4 heterocycles. The van der Waals surface area contributed by atoms with Crippen LogP contribution in [0.5, 0.6) is 0 Å². The van der Waals surface area contributed by atoms with Crippen molar-refractivity contribution in [2.24, 2.45) is 0 Å². The van der Waals surface area contributed by atoms with Crippen LogP contribution in [0, 0.1) is 0 Å². The number of thiophene rings is 1. The van der Waals surface area contributed by atoms with E-state index in [4.69, 9.17) is 23.8 Å². The van der Waals surface area contributed by atoms with Crippen molar-refractivity contribution in [3.63, 3.8) is 0 Å². The highest BCUT2D eigenvalue weighted by Crippen LogP contribution is 2.47. The molecular formula is C51H29N3O2S. The van der Waals surface area contributed by atoms with E-state index >= 15 is 0 Å². The average Bonchev–Trinajstić information content (AvgIpc) is 3.97. The summed E-state index contributed by atoms with van der Waals surface area (Å²) < 4.78 is 15.2. The van der Waals surface area contributed by atoms with E-state index in [-0.39, 0.29) is 0 Å². The average molecular weight is 748 g/mol. The van der Waals surface area contributed by atoms with E-state index in [0.29, 0.717) is 17.5 Å². The first-order valence-electron chi connectivity index (χ1n) is 18.9. The Morgan fingerprint density at radius 1 is 0.333 bits per heavy atom. The number of fused-ring (bicyclic) bond motifs is 9. The van der Waals surface area contributed by atoms with E-state index in [1.54, 1.807) is 11.3 Å². The first-order valence-corrected chi connectivity index (χ1v) is 19.7. The molecule has 0 saturated heterocycles. The molecule has 266 valence electrons. The smallest absolute Gasteiger partial charge is 0.164 e. The number of rotatable bonds is 5. The predicted octanol–water partition coefficient (Wildman–Crippen LogP) is 14.4. The van der Waals surface area contributed by atoms with E-state index in [0.717, 1.165) is 93.6 Å². The summed E-state index contributed by atoms with van der Waals surface area (Å²) in [6.45, 7) is 0. The maximum atomic E-state index is 6.63. The second-order valence-electron chi connectivity index (χ2n) is 14.3. The second-order valence-corrected chi connectivity index (χ2v) is 15.4. The lowest BCUT2D eigenvalue weighted by molar-refractivity contribution is 0.669. The van der Waals surface area contributed by atoms with Gasteiger partial charge in [-0.3, -0.25) is 0 Å². The lowest BCUT2D eigenvalue weighted by atomic mass is 9.93. The molecule has 57 heavy (non-hydrogen) atoms.